The van der Waals surface area contributed by atoms with Crippen LogP contribution < -0.4 is 9.47 Å². The van der Waals surface area contributed by atoms with Gasteiger partial charge in [0.2, 0.25) is 0 Å². The number of hydrogen-bond donors (Lipinski definition) is 0. The van der Waals surface area contributed by atoms with Gasteiger partial charge in [0, 0.05) is 37.0 Å². The van der Waals surface area contributed by atoms with Crippen LogP contribution in [0.1, 0.15) is 16.8 Å². The third kappa shape index (κ3) is 4.84. The van der Waals surface area contributed by atoms with E-state index in [-0.39, 0.29) is 12.1 Å². The van der Waals surface area contributed by atoms with E-state index in [1.54, 1.807) is 20.4 Å². The Labute approximate surface area is 163 Å². The Hall–Kier alpha value is -2.99. The molecule has 1 aromatic heterocycles. The van der Waals surface area contributed by atoms with Crippen LogP contribution in [0.2, 0.25) is 0 Å². The highest BCUT2D eigenvalue weighted by Gasteiger charge is 2.16. The largest absolute Gasteiger partial charge is 0.493 e. The van der Waals surface area contributed by atoms with Gasteiger partial charge in [-0.1, -0.05) is 18.2 Å². The number of rotatable bonds is 8. The van der Waals surface area contributed by atoms with Crippen molar-refractivity contribution in [3.63, 3.8) is 0 Å². The summed E-state index contributed by atoms with van der Waals surface area (Å²) in [6.45, 7) is 1.14. The molecule has 0 spiro atoms. The molecule has 0 aliphatic carbocycles. The van der Waals surface area contributed by atoms with Gasteiger partial charge in [0.25, 0.3) is 0 Å². The Morgan fingerprint density at radius 3 is 2.39 bits per heavy atom. The average molecular weight is 384 g/mol. The van der Waals surface area contributed by atoms with Crippen molar-refractivity contribution in [2.45, 2.75) is 19.6 Å². The highest BCUT2D eigenvalue weighted by Crippen LogP contribution is 2.32. The van der Waals surface area contributed by atoms with Crippen LogP contribution >= 0.6 is 0 Å². The quantitative estimate of drug-likeness (QED) is 0.569. The van der Waals surface area contributed by atoms with Crippen LogP contribution in [0.3, 0.4) is 0 Å². The van der Waals surface area contributed by atoms with Crippen molar-refractivity contribution in [1.29, 1.82) is 0 Å². The van der Waals surface area contributed by atoms with Crippen LogP contribution in [0.15, 0.2) is 60.8 Å². The fraction of sp³-hybridized carbons (Fsp3) is 0.227. The summed E-state index contributed by atoms with van der Waals surface area (Å²) < 4.78 is 38.7. The zero-order valence-corrected chi connectivity index (χ0v) is 15.9. The molecule has 0 bridgehead atoms. The summed E-state index contributed by atoms with van der Waals surface area (Å²) in [6, 6.07) is 14.7. The Kier molecular flexibility index (Phi) is 6.55. The molecule has 0 aliphatic heterocycles. The highest BCUT2D eigenvalue weighted by molar-refractivity contribution is 5.46. The smallest absolute Gasteiger partial charge is 0.165 e. The summed E-state index contributed by atoms with van der Waals surface area (Å²) in [4.78, 5) is 6.34. The first-order valence-electron chi connectivity index (χ1n) is 8.86. The summed E-state index contributed by atoms with van der Waals surface area (Å²) >= 11 is 0. The van der Waals surface area contributed by atoms with Gasteiger partial charge in [-0.05, 0) is 36.4 Å². The normalized spacial score (nSPS) is 10.9. The molecule has 4 nitrogen and oxygen atoms in total. The van der Waals surface area contributed by atoms with Gasteiger partial charge < -0.3 is 9.47 Å². The molecule has 3 rings (SSSR count). The number of pyridine rings is 1. The molecule has 28 heavy (non-hydrogen) atoms. The summed E-state index contributed by atoms with van der Waals surface area (Å²) in [7, 11) is 3.16. The molecule has 0 atom stereocenters. The molecular weight excluding hydrogens is 362 g/mol. The first-order valence-corrected chi connectivity index (χ1v) is 8.86. The topological polar surface area (TPSA) is 34.6 Å². The van der Waals surface area contributed by atoms with Crippen molar-refractivity contribution in [1.82, 2.24) is 9.88 Å². The molecule has 0 radical (unpaired) electrons. The first kappa shape index (κ1) is 19.8. The Morgan fingerprint density at radius 2 is 1.68 bits per heavy atom. The van der Waals surface area contributed by atoms with E-state index >= 15 is 0 Å². The number of ether oxygens (including phenoxy) is 2. The zero-order chi connectivity index (χ0) is 19.9. The molecule has 3 aromatic rings. The molecular formula is C22H22F2N2O2. The van der Waals surface area contributed by atoms with Crippen molar-refractivity contribution >= 4 is 0 Å². The minimum Gasteiger partial charge on any atom is -0.493 e. The third-order valence-corrected chi connectivity index (χ3v) is 4.39. The van der Waals surface area contributed by atoms with Gasteiger partial charge in [-0.2, -0.15) is 0 Å². The van der Waals surface area contributed by atoms with Gasteiger partial charge in [-0.15, -0.1) is 0 Å². The number of para-hydroxylation sites is 1. The molecule has 0 amide bonds. The summed E-state index contributed by atoms with van der Waals surface area (Å²) in [5.74, 6) is 0.337. The van der Waals surface area contributed by atoms with E-state index in [1.165, 1.54) is 6.07 Å². The second kappa shape index (κ2) is 9.28. The van der Waals surface area contributed by atoms with E-state index in [4.69, 9.17) is 9.47 Å². The van der Waals surface area contributed by atoms with Crippen LogP contribution in [0.5, 0.6) is 11.5 Å². The van der Waals surface area contributed by atoms with E-state index in [1.807, 2.05) is 41.3 Å². The maximum atomic E-state index is 14.2. The molecule has 0 saturated carbocycles. The Morgan fingerprint density at radius 1 is 0.857 bits per heavy atom. The molecule has 2 aromatic carbocycles. The summed E-state index contributed by atoms with van der Waals surface area (Å²) in [5.41, 5.74) is 2.01. The summed E-state index contributed by atoms with van der Waals surface area (Å²) in [5, 5.41) is 0. The van der Waals surface area contributed by atoms with Crippen molar-refractivity contribution in [3.05, 3.63) is 89.2 Å². The minimum atomic E-state index is -0.465. The van der Waals surface area contributed by atoms with E-state index in [0.29, 0.717) is 24.6 Å². The van der Waals surface area contributed by atoms with Crippen LogP contribution in [-0.2, 0) is 19.6 Å². The molecule has 0 saturated heterocycles. The molecule has 1 heterocycles. The zero-order valence-electron chi connectivity index (χ0n) is 15.9. The van der Waals surface area contributed by atoms with Crippen LogP contribution in [0.4, 0.5) is 8.78 Å². The molecule has 6 heteroatoms. The number of hydrogen-bond acceptors (Lipinski definition) is 4. The number of aromatic nitrogens is 1. The second-order valence-electron chi connectivity index (χ2n) is 6.35. The lowest BCUT2D eigenvalue weighted by molar-refractivity contribution is 0.235. The predicted octanol–water partition coefficient (Wildman–Crippen LogP) is 4.58. The number of nitrogens with zero attached hydrogens (tertiary/aromatic N) is 2. The Bertz CT molecular complexity index is 920. The lowest BCUT2D eigenvalue weighted by Crippen LogP contribution is -2.24. The van der Waals surface area contributed by atoms with Gasteiger partial charge in [-0.25, -0.2) is 8.78 Å². The van der Waals surface area contributed by atoms with E-state index in [2.05, 4.69) is 4.98 Å². The van der Waals surface area contributed by atoms with Gasteiger partial charge >= 0.3 is 0 Å². The fourth-order valence-electron chi connectivity index (χ4n) is 3.11. The molecule has 0 fully saturated rings. The monoisotopic (exact) mass is 384 g/mol. The fourth-order valence-corrected chi connectivity index (χ4v) is 3.11. The number of methoxy groups -OCH3 is 2. The maximum absolute atomic E-state index is 14.2. The molecule has 146 valence electrons. The predicted molar refractivity (Wildman–Crippen MR) is 103 cm³/mol. The van der Waals surface area contributed by atoms with Crippen LogP contribution in [0.25, 0.3) is 0 Å². The highest BCUT2D eigenvalue weighted by atomic mass is 19.1. The second-order valence-corrected chi connectivity index (χ2v) is 6.35. The first-order chi connectivity index (χ1) is 13.6. The van der Waals surface area contributed by atoms with Crippen molar-refractivity contribution < 1.29 is 18.3 Å². The number of benzene rings is 2. The molecule has 0 aliphatic rings. The maximum Gasteiger partial charge on any atom is 0.165 e. The van der Waals surface area contributed by atoms with Crippen molar-refractivity contribution in [2.75, 3.05) is 14.2 Å². The van der Waals surface area contributed by atoms with Crippen LogP contribution in [0, 0.1) is 11.6 Å². The standard InChI is InChI=1S/C22H22F2N2O2/c1-27-21-8-5-6-16(22(21)28-2)13-26(15-19-7-3-4-11-25-19)14-17-12-18(23)9-10-20(17)24/h3-12H,13-15H2,1-2H3. The minimum absolute atomic E-state index is 0.223. The van der Waals surface area contributed by atoms with Crippen molar-refractivity contribution in [3.8, 4) is 11.5 Å². The lowest BCUT2D eigenvalue weighted by Gasteiger charge is -2.24. The van der Waals surface area contributed by atoms with E-state index in [0.717, 1.165) is 23.4 Å². The SMILES string of the molecule is COc1cccc(CN(Cc2ccccn2)Cc2cc(F)ccc2F)c1OC. The van der Waals surface area contributed by atoms with Crippen LogP contribution in [-0.4, -0.2) is 24.1 Å². The lowest BCUT2D eigenvalue weighted by atomic mass is 10.1. The van der Waals surface area contributed by atoms with Crippen molar-refractivity contribution in [2.24, 2.45) is 0 Å². The average Bonchev–Trinajstić information content (AvgIpc) is 2.71. The molecule has 0 N–H and O–H groups in total. The van der Waals surface area contributed by atoms with Gasteiger partial charge in [0.15, 0.2) is 11.5 Å². The Balaban J connectivity index is 1.91. The van der Waals surface area contributed by atoms with E-state index in [9.17, 15) is 8.78 Å². The van der Waals surface area contributed by atoms with Gasteiger partial charge in [0.05, 0.1) is 19.9 Å². The number of halogens is 2. The third-order valence-electron chi connectivity index (χ3n) is 4.39. The van der Waals surface area contributed by atoms with Gasteiger partial charge in [-0.3, -0.25) is 9.88 Å². The summed E-state index contributed by atoms with van der Waals surface area (Å²) in [6.07, 6.45) is 1.71. The molecule has 0 unspecified atom stereocenters. The van der Waals surface area contributed by atoms with E-state index < -0.39 is 11.6 Å². The van der Waals surface area contributed by atoms with Gasteiger partial charge in [0.1, 0.15) is 11.6 Å².